The number of halogens is 5. The number of hydrogen-bond acceptors (Lipinski definition) is 3. The predicted molar refractivity (Wildman–Crippen MR) is 44.0 cm³/mol. The maximum atomic E-state index is 12.4. The van der Waals surface area contributed by atoms with Gasteiger partial charge in [-0.3, -0.25) is 4.79 Å². The smallest absolute Gasteiger partial charge is 0.383 e. The zero-order valence-corrected chi connectivity index (χ0v) is 7.55. The van der Waals surface area contributed by atoms with Crippen LogP contribution in [-0.2, 0) is 6.18 Å². The highest BCUT2D eigenvalue weighted by Gasteiger charge is 2.37. The first-order valence-electron chi connectivity index (χ1n) is 3.88. The average molecular weight is 240 g/mol. The minimum absolute atomic E-state index is 0.000843. The first-order chi connectivity index (χ1) is 7.27. The Bertz CT molecular complexity index is 416. The second-order valence-corrected chi connectivity index (χ2v) is 2.81. The van der Waals surface area contributed by atoms with Crippen LogP contribution in [0.1, 0.15) is 28.0 Å². The average Bonchev–Trinajstić information content (AvgIpc) is 2.14. The van der Waals surface area contributed by atoms with Gasteiger partial charge in [0.2, 0.25) is 0 Å². The minimum Gasteiger partial charge on any atom is -0.383 e. The molecule has 0 aliphatic heterocycles. The van der Waals surface area contributed by atoms with E-state index in [1.54, 1.807) is 0 Å². The van der Waals surface area contributed by atoms with Crippen LogP contribution in [0.3, 0.4) is 0 Å². The number of hydrogen-bond donors (Lipinski definition) is 1. The Morgan fingerprint density at radius 3 is 2.31 bits per heavy atom. The van der Waals surface area contributed by atoms with Crippen molar-refractivity contribution in [1.82, 2.24) is 4.98 Å². The molecule has 0 aliphatic rings. The molecule has 1 heterocycles. The number of rotatable bonds is 2. The lowest BCUT2D eigenvalue weighted by atomic mass is 10.1. The van der Waals surface area contributed by atoms with E-state index in [2.05, 4.69) is 4.98 Å². The molecule has 0 bridgehead atoms. The van der Waals surface area contributed by atoms with Crippen LogP contribution in [0.4, 0.5) is 27.8 Å². The van der Waals surface area contributed by atoms with E-state index in [-0.39, 0.29) is 12.4 Å². The number of carbonyl (C=O) groups excluding carboxylic acids is 1. The lowest BCUT2D eigenvalue weighted by Gasteiger charge is -2.14. The molecule has 0 fully saturated rings. The van der Waals surface area contributed by atoms with Crippen molar-refractivity contribution in [2.75, 3.05) is 5.73 Å². The Labute approximate surface area is 86.1 Å². The molecule has 0 saturated heterocycles. The second-order valence-electron chi connectivity index (χ2n) is 2.81. The zero-order valence-electron chi connectivity index (χ0n) is 7.55. The molecule has 1 rings (SSSR count). The number of aromatic nitrogens is 1. The number of nitrogens with zero attached hydrogens (tertiary/aromatic N) is 1. The normalized spacial score (nSPS) is 11.9. The summed E-state index contributed by atoms with van der Waals surface area (Å²) in [6.07, 6.45) is -8.42. The molecule has 0 saturated carbocycles. The quantitative estimate of drug-likeness (QED) is 0.638. The summed E-state index contributed by atoms with van der Waals surface area (Å²) in [5.41, 5.74) is 1.26. The summed E-state index contributed by atoms with van der Waals surface area (Å²) in [5.74, 6) is -0.994. The van der Waals surface area contributed by atoms with Crippen molar-refractivity contribution in [2.24, 2.45) is 0 Å². The fourth-order valence-electron chi connectivity index (χ4n) is 1.12. The molecule has 0 aromatic carbocycles. The van der Waals surface area contributed by atoms with Gasteiger partial charge < -0.3 is 5.73 Å². The van der Waals surface area contributed by atoms with E-state index in [0.29, 0.717) is 0 Å². The summed E-state index contributed by atoms with van der Waals surface area (Å²) in [6, 6.07) is 0.241. The molecule has 2 N–H and O–H groups in total. The lowest BCUT2D eigenvalue weighted by molar-refractivity contribution is -0.139. The third-order valence-electron chi connectivity index (χ3n) is 1.75. The molecule has 0 amide bonds. The molecule has 0 atom stereocenters. The Balaban J connectivity index is 3.53. The SMILES string of the molecule is Nc1nc(C=O)cc(C(F)(F)F)c1C(F)F. The first kappa shape index (κ1) is 12.3. The molecule has 0 radical (unpaired) electrons. The van der Waals surface area contributed by atoms with Gasteiger partial charge in [0.1, 0.15) is 11.5 Å². The standard InChI is InChI=1S/C8H5F5N2O/c9-6(10)5-4(8(11,12)13)1-3(2-16)15-7(5)14/h1-2,6H,(H2,14,15). The van der Waals surface area contributed by atoms with Crippen LogP contribution in [0.5, 0.6) is 0 Å². The third-order valence-corrected chi connectivity index (χ3v) is 1.75. The second kappa shape index (κ2) is 4.03. The Hall–Kier alpha value is -1.73. The highest BCUT2D eigenvalue weighted by atomic mass is 19.4. The van der Waals surface area contributed by atoms with E-state index in [1.165, 1.54) is 0 Å². The number of nitrogen functional groups attached to an aromatic ring is 1. The van der Waals surface area contributed by atoms with Crippen LogP contribution >= 0.6 is 0 Å². The number of carbonyl (C=O) groups is 1. The van der Waals surface area contributed by atoms with Gasteiger partial charge in [-0.25, -0.2) is 13.8 Å². The van der Waals surface area contributed by atoms with Crippen LogP contribution in [-0.4, -0.2) is 11.3 Å². The molecule has 3 nitrogen and oxygen atoms in total. The van der Waals surface area contributed by atoms with E-state index in [9.17, 15) is 26.7 Å². The highest BCUT2D eigenvalue weighted by Crippen LogP contribution is 2.38. The van der Waals surface area contributed by atoms with Crippen molar-refractivity contribution in [3.63, 3.8) is 0 Å². The van der Waals surface area contributed by atoms with Gasteiger partial charge in [-0.15, -0.1) is 0 Å². The number of anilines is 1. The molecule has 0 spiro atoms. The van der Waals surface area contributed by atoms with E-state index >= 15 is 0 Å². The fourth-order valence-corrected chi connectivity index (χ4v) is 1.12. The van der Waals surface area contributed by atoms with Crippen molar-refractivity contribution in [1.29, 1.82) is 0 Å². The maximum absolute atomic E-state index is 12.4. The van der Waals surface area contributed by atoms with Crippen molar-refractivity contribution < 1.29 is 26.7 Å². The summed E-state index contributed by atoms with van der Waals surface area (Å²) in [6.45, 7) is 0. The van der Waals surface area contributed by atoms with Crippen LogP contribution in [0, 0.1) is 0 Å². The van der Waals surface area contributed by atoms with Crippen molar-refractivity contribution in [3.8, 4) is 0 Å². The zero-order chi connectivity index (χ0) is 12.5. The molecule has 1 aromatic heterocycles. The van der Waals surface area contributed by atoms with Crippen molar-refractivity contribution >= 4 is 12.1 Å². The summed E-state index contributed by atoms with van der Waals surface area (Å²) in [5, 5.41) is 0. The van der Waals surface area contributed by atoms with Gasteiger partial charge >= 0.3 is 6.18 Å². The van der Waals surface area contributed by atoms with Gasteiger partial charge in [0.25, 0.3) is 6.43 Å². The largest absolute Gasteiger partial charge is 0.417 e. The van der Waals surface area contributed by atoms with Crippen molar-refractivity contribution in [2.45, 2.75) is 12.6 Å². The minimum atomic E-state index is -5.01. The van der Waals surface area contributed by atoms with Crippen LogP contribution in [0.2, 0.25) is 0 Å². The van der Waals surface area contributed by atoms with Gasteiger partial charge in [0.15, 0.2) is 6.29 Å². The van der Waals surface area contributed by atoms with E-state index in [0.717, 1.165) is 0 Å². The summed E-state index contributed by atoms with van der Waals surface area (Å²) in [4.78, 5) is 13.4. The Kier molecular flexibility index (Phi) is 3.11. The molecule has 88 valence electrons. The van der Waals surface area contributed by atoms with Gasteiger partial charge in [-0.05, 0) is 6.07 Å². The van der Waals surface area contributed by atoms with Gasteiger partial charge in [0.05, 0.1) is 11.1 Å². The summed E-state index contributed by atoms with van der Waals surface area (Å²) >= 11 is 0. The molecular weight excluding hydrogens is 235 g/mol. The van der Waals surface area contributed by atoms with Gasteiger partial charge in [-0.1, -0.05) is 0 Å². The van der Waals surface area contributed by atoms with Crippen molar-refractivity contribution in [3.05, 3.63) is 22.9 Å². The first-order valence-corrected chi connectivity index (χ1v) is 3.88. The summed E-state index contributed by atoms with van der Waals surface area (Å²) in [7, 11) is 0. The molecule has 1 aromatic rings. The number of nitrogens with two attached hydrogens (primary N) is 1. The topological polar surface area (TPSA) is 56.0 Å². The summed E-state index contributed by atoms with van der Waals surface area (Å²) < 4.78 is 61.8. The molecule has 0 aliphatic carbocycles. The monoisotopic (exact) mass is 240 g/mol. The lowest BCUT2D eigenvalue weighted by Crippen LogP contribution is -2.14. The van der Waals surface area contributed by atoms with Gasteiger partial charge in [0, 0.05) is 0 Å². The number of aldehydes is 1. The van der Waals surface area contributed by atoms with Crippen LogP contribution < -0.4 is 5.73 Å². The Morgan fingerprint density at radius 1 is 1.38 bits per heavy atom. The fraction of sp³-hybridized carbons (Fsp3) is 0.250. The Morgan fingerprint density at radius 2 is 1.94 bits per heavy atom. The number of alkyl halides is 5. The molecular formula is C8H5F5N2O. The maximum Gasteiger partial charge on any atom is 0.417 e. The van der Waals surface area contributed by atoms with Gasteiger partial charge in [-0.2, -0.15) is 13.2 Å². The molecule has 0 unspecified atom stereocenters. The molecule has 8 heteroatoms. The van der Waals surface area contributed by atoms with Crippen LogP contribution in [0.15, 0.2) is 6.07 Å². The highest BCUT2D eigenvalue weighted by molar-refractivity contribution is 5.74. The van der Waals surface area contributed by atoms with E-state index < -0.39 is 35.2 Å². The predicted octanol–water partition coefficient (Wildman–Crippen LogP) is 2.43. The van der Waals surface area contributed by atoms with E-state index in [1.807, 2.05) is 0 Å². The molecule has 16 heavy (non-hydrogen) atoms. The van der Waals surface area contributed by atoms with E-state index in [4.69, 9.17) is 5.73 Å². The third kappa shape index (κ3) is 2.26. The van der Waals surface area contributed by atoms with Crippen LogP contribution in [0.25, 0.3) is 0 Å². The number of pyridine rings is 1.